The second-order valence-electron chi connectivity index (χ2n) is 10.5. The van der Waals surface area contributed by atoms with Crippen LogP contribution in [0.3, 0.4) is 0 Å². The number of amides is 1. The van der Waals surface area contributed by atoms with Crippen LogP contribution < -0.4 is 9.64 Å². The van der Waals surface area contributed by atoms with Crippen LogP contribution in [-0.4, -0.2) is 74.5 Å². The minimum absolute atomic E-state index is 0.121. The van der Waals surface area contributed by atoms with Crippen molar-refractivity contribution in [2.45, 2.75) is 32.7 Å². The van der Waals surface area contributed by atoms with E-state index in [4.69, 9.17) is 38.0 Å². The molecule has 2 aliphatic rings. The Kier molecular flexibility index (Phi) is 10.0. The Morgan fingerprint density at radius 1 is 1.02 bits per heavy atom. The summed E-state index contributed by atoms with van der Waals surface area (Å²) in [6.45, 7) is 5.29. The molecule has 0 spiro atoms. The molecule has 0 radical (unpaired) electrons. The highest BCUT2D eigenvalue weighted by Gasteiger charge is 2.22. The first kappa shape index (κ1) is 30.3. The number of carboxylic acids is 1. The van der Waals surface area contributed by atoms with Crippen molar-refractivity contribution in [3.63, 3.8) is 0 Å². The largest absolute Gasteiger partial charge is 0.481 e. The molecule has 1 amide bonds. The van der Waals surface area contributed by atoms with Crippen molar-refractivity contribution in [2.24, 2.45) is 10.3 Å². The third-order valence-corrected chi connectivity index (χ3v) is 9.43. The molecular weight excluding hydrogens is 599 g/mol. The molecule has 1 N–H and O–H groups in total. The number of likely N-dealkylation sites (tertiary alicyclic amines) is 1. The number of anilines is 1. The van der Waals surface area contributed by atoms with E-state index in [1.165, 1.54) is 6.92 Å². The van der Waals surface area contributed by atoms with E-state index < -0.39 is 5.97 Å². The average Bonchev–Trinajstić information content (AvgIpc) is 2.94. The minimum atomic E-state index is -0.739. The predicted molar refractivity (Wildman–Crippen MR) is 164 cm³/mol. The van der Waals surface area contributed by atoms with Gasteiger partial charge in [-0.2, -0.15) is 4.36 Å². The van der Waals surface area contributed by atoms with Gasteiger partial charge in [0.15, 0.2) is 5.75 Å². The summed E-state index contributed by atoms with van der Waals surface area (Å²) in [5, 5.41) is 10.2. The van der Waals surface area contributed by atoms with Gasteiger partial charge in [-0.1, -0.05) is 33.9 Å². The average molecular weight is 632 g/mol. The van der Waals surface area contributed by atoms with Crippen molar-refractivity contribution in [1.29, 1.82) is 0 Å². The van der Waals surface area contributed by atoms with E-state index in [1.807, 2.05) is 24.3 Å². The maximum atomic E-state index is 11.3. The molecule has 2 aromatic heterocycles. The van der Waals surface area contributed by atoms with Crippen LogP contribution >= 0.6 is 23.2 Å². The van der Waals surface area contributed by atoms with Gasteiger partial charge in [0.2, 0.25) is 17.7 Å². The van der Waals surface area contributed by atoms with E-state index in [9.17, 15) is 9.59 Å². The Bertz CT molecular complexity index is 1450. The van der Waals surface area contributed by atoms with E-state index in [0.29, 0.717) is 39.9 Å². The van der Waals surface area contributed by atoms with Gasteiger partial charge < -0.3 is 14.7 Å². The number of hydrogen-bond acceptors (Lipinski definition) is 8. The lowest BCUT2D eigenvalue weighted by molar-refractivity contribution is -0.138. The number of hydrogen-bond donors (Lipinski definition) is 1. The lowest BCUT2D eigenvalue weighted by Crippen LogP contribution is -2.38. The van der Waals surface area contributed by atoms with Gasteiger partial charge in [-0.15, -0.1) is 0 Å². The second-order valence-corrected chi connectivity index (χ2v) is 13.3. The number of carbonyl (C=O) groups excluding carboxylic acids is 1. The first-order valence-corrected chi connectivity index (χ1v) is 16.0. The Morgan fingerprint density at radius 3 is 2.31 bits per heavy atom. The van der Waals surface area contributed by atoms with Crippen molar-refractivity contribution < 1.29 is 19.4 Å². The molecule has 222 valence electrons. The van der Waals surface area contributed by atoms with Crippen LogP contribution in [0.2, 0.25) is 10.0 Å². The third kappa shape index (κ3) is 8.47. The normalized spacial score (nSPS) is 16.8. The maximum Gasteiger partial charge on any atom is 0.303 e. The summed E-state index contributed by atoms with van der Waals surface area (Å²) in [5.74, 6) is 2.43. The molecule has 4 heterocycles. The standard InChI is InChI=1S/C29H32Cl2N6O4S/c1-19(38)35-42-8-6-37(7-9-42)29-32-16-25(17-33-29)41-27-11-21(18-36-4-2-20(3-5-36)12-28(39)40)10-26(34-27)22-13-23(30)15-24(31)14-22/h10-11,13-17,20H,2-9,12,18H2,1H3,(H,39,40). The van der Waals surface area contributed by atoms with Crippen molar-refractivity contribution >= 4 is 51.7 Å². The number of carboxylic acid groups (broad SMARTS) is 1. The van der Waals surface area contributed by atoms with Crippen LogP contribution in [0.15, 0.2) is 47.1 Å². The summed E-state index contributed by atoms with van der Waals surface area (Å²) in [6, 6.07) is 9.20. The number of carbonyl (C=O) groups is 2. The Labute approximate surface area is 257 Å². The van der Waals surface area contributed by atoms with Crippen molar-refractivity contribution in [2.75, 3.05) is 42.6 Å². The summed E-state index contributed by atoms with van der Waals surface area (Å²) < 4.78 is 10.3. The first-order chi connectivity index (χ1) is 20.2. The molecule has 0 atom stereocenters. The van der Waals surface area contributed by atoms with Crippen molar-refractivity contribution in [3.05, 3.63) is 58.3 Å². The number of nitrogens with zero attached hydrogens (tertiary/aromatic N) is 6. The summed E-state index contributed by atoms with van der Waals surface area (Å²) in [5.41, 5.74) is 2.44. The number of aromatic nitrogens is 3. The minimum Gasteiger partial charge on any atom is -0.481 e. The van der Waals surface area contributed by atoms with Crippen molar-refractivity contribution in [3.8, 4) is 22.9 Å². The molecule has 2 aliphatic heterocycles. The molecule has 3 aromatic rings. The van der Waals surface area contributed by atoms with Gasteiger partial charge in [0.1, 0.15) is 0 Å². The Balaban J connectivity index is 1.32. The van der Waals surface area contributed by atoms with Crippen molar-refractivity contribution in [1.82, 2.24) is 19.9 Å². The lowest BCUT2D eigenvalue weighted by atomic mass is 9.93. The molecule has 5 rings (SSSR count). The van der Waals surface area contributed by atoms with E-state index in [2.05, 4.69) is 24.1 Å². The molecule has 0 bridgehead atoms. The number of piperidine rings is 1. The quantitative estimate of drug-likeness (QED) is 0.344. The van der Waals surface area contributed by atoms with E-state index in [-0.39, 0.29) is 28.9 Å². The Hall–Kier alpha value is -3.12. The van der Waals surface area contributed by atoms with Gasteiger partial charge in [-0.05, 0) is 61.7 Å². The topological polar surface area (TPSA) is 121 Å². The molecule has 10 nitrogen and oxygen atoms in total. The number of aliphatic carboxylic acids is 1. The summed E-state index contributed by atoms with van der Waals surface area (Å²) in [4.78, 5) is 40.6. The van der Waals surface area contributed by atoms with Crippen LogP contribution in [0.1, 0.15) is 31.7 Å². The number of benzene rings is 1. The second kappa shape index (κ2) is 13.9. The number of rotatable bonds is 8. The highest BCUT2D eigenvalue weighted by Crippen LogP contribution is 2.31. The van der Waals surface area contributed by atoms with Gasteiger partial charge in [0, 0.05) is 66.2 Å². The predicted octanol–water partition coefficient (Wildman–Crippen LogP) is 5.49. The first-order valence-electron chi connectivity index (χ1n) is 13.8. The number of ether oxygens (including phenoxy) is 1. The number of pyridine rings is 1. The van der Waals surface area contributed by atoms with E-state index in [0.717, 1.165) is 61.7 Å². The van der Waals surface area contributed by atoms with Gasteiger partial charge in [0.05, 0.1) is 18.1 Å². The van der Waals surface area contributed by atoms with Gasteiger partial charge in [-0.25, -0.2) is 15.0 Å². The monoisotopic (exact) mass is 630 g/mol. The van der Waals surface area contributed by atoms with Crippen LogP contribution in [0.4, 0.5) is 5.95 Å². The van der Waals surface area contributed by atoms with E-state index >= 15 is 0 Å². The molecule has 13 heteroatoms. The Morgan fingerprint density at radius 2 is 1.69 bits per heavy atom. The fourth-order valence-corrected chi connectivity index (χ4v) is 7.31. The number of halogens is 2. The van der Waals surface area contributed by atoms with Gasteiger partial charge >= 0.3 is 5.97 Å². The van der Waals surface area contributed by atoms with Gasteiger partial charge in [-0.3, -0.25) is 14.5 Å². The zero-order valence-electron chi connectivity index (χ0n) is 23.2. The molecule has 42 heavy (non-hydrogen) atoms. The smallest absolute Gasteiger partial charge is 0.303 e. The van der Waals surface area contributed by atoms with Crippen LogP contribution in [0.25, 0.3) is 11.3 Å². The zero-order valence-corrected chi connectivity index (χ0v) is 25.5. The SMILES string of the molecule is CC(=O)N=S1CCN(c2ncc(Oc3cc(CN4CCC(CC(=O)O)CC4)cc(-c4cc(Cl)cc(Cl)c4)n3)cn2)CC1. The highest BCUT2D eigenvalue weighted by molar-refractivity contribution is 7.87. The maximum absolute atomic E-state index is 11.3. The summed E-state index contributed by atoms with van der Waals surface area (Å²) in [6.07, 6.45) is 5.19. The summed E-state index contributed by atoms with van der Waals surface area (Å²) >= 11 is 12.6. The van der Waals surface area contributed by atoms with Crippen LogP contribution in [0.5, 0.6) is 11.6 Å². The fraction of sp³-hybridized carbons (Fsp3) is 0.414. The third-order valence-electron chi connectivity index (χ3n) is 7.17. The molecule has 1 aromatic carbocycles. The van der Waals surface area contributed by atoms with Gasteiger partial charge in [0.25, 0.3) is 0 Å². The molecule has 0 unspecified atom stereocenters. The zero-order chi connectivity index (χ0) is 29.6. The molecular formula is C29H32Cl2N6O4S. The van der Waals surface area contributed by atoms with E-state index in [1.54, 1.807) is 18.5 Å². The fourth-order valence-electron chi connectivity index (χ4n) is 5.17. The van der Waals surface area contributed by atoms with Crippen LogP contribution in [-0.2, 0) is 26.8 Å². The molecule has 2 fully saturated rings. The molecule has 0 saturated carbocycles. The molecule has 0 aliphatic carbocycles. The highest BCUT2D eigenvalue weighted by atomic mass is 35.5. The molecule has 2 saturated heterocycles. The lowest BCUT2D eigenvalue weighted by Gasteiger charge is -2.31. The van der Waals surface area contributed by atoms with Crippen LogP contribution in [0, 0.1) is 5.92 Å². The summed E-state index contributed by atoms with van der Waals surface area (Å²) in [7, 11) is -0.229.